The monoisotopic (exact) mass is 202 g/mol. The van der Waals surface area contributed by atoms with Gasteiger partial charge in [0.15, 0.2) is 5.82 Å². The van der Waals surface area contributed by atoms with Gasteiger partial charge in [-0.2, -0.15) is 16.7 Å². The van der Waals surface area contributed by atoms with E-state index < -0.39 is 6.10 Å². The lowest BCUT2D eigenvalue weighted by atomic mass is 10.4. The molecule has 0 aliphatic heterocycles. The number of aliphatic hydroxyl groups excluding tert-OH is 1. The fourth-order valence-electron chi connectivity index (χ4n) is 0.804. The second kappa shape index (κ2) is 5.24. The normalized spacial score (nSPS) is 13.2. The fourth-order valence-corrected chi connectivity index (χ4v) is 1.54. The summed E-state index contributed by atoms with van der Waals surface area (Å²) in [7, 11) is 0. The topological polar surface area (TPSA) is 59.2 Å². The Morgan fingerprint density at radius 2 is 2.38 bits per heavy atom. The van der Waals surface area contributed by atoms with Gasteiger partial charge >= 0.3 is 0 Å². The Balaban J connectivity index is 2.40. The van der Waals surface area contributed by atoms with Crippen LogP contribution in [0.1, 0.15) is 38.1 Å². The number of aromatic nitrogens is 2. The van der Waals surface area contributed by atoms with Gasteiger partial charge in [0, 0.05) is 0 Å². The minimum Gasteiger partial charge on any atom is -0.384 e. The molecule has 1 rings (SSSR count). The maximum Gasteiger partial charge on any atom is 0.255 e. The van der Waals surface area contributed by atoms with Crippen molar-refractivity contribution in [2.24, 2.45) is 0 Å². The van der Waals surface area contributed by atoms with Gasteiger partial charge in [-0.1, -0.05) is 12.1 Å². The molecule has 1 aromatic heterocycles. The molecule has 0 bridgehead atoms. The molecule has 5 heteroatoms. The molecule has 0 saturated carbocycles. The molecule has 4 nitrogen and oxygen atoms in total. The van der Waals surface area contributed by atoms with Gasteiger partial charge in [0.2, 0.25) is 0 Å². The van der Waals surface area contributed by atoms with E-state index in [1.165, 1.54) is 0 Å². The van der Waals surface area contributed by atoms with Gasteiger partial charge in [0.25, 0.3) is 5.89 Å². The molecule has 0 aliphatic carbocycles. The van der Waals surface area contributed by atoms with E-state index >= 15 is 0 Å². The predicted molar refractivity (Wildman–Crippen MR) is 51.4 cm³/mol. The first-order chi connectivity index (χ1) is 6.24. The van der Waals surface area contributed by atoms with Crippen LogP contribution in [0.25, 0.3) is 0 Å². The number of thioether (sulfide) groups is 1. The smallest absolute Gasteiger partial charge is 0.255 e. The molecular formula is C8H14N2O2S. The van der Waals surface area contributed by atoms with Crippen LogP contribution in [0.4, 0.5) is 0 Å². The number of hydrogen-bond acceptors (Lipinski definition) is 5. The van der Waals surface area contributed by atoms with Gasteiger partial charge in [0.1, 0.15) is 6.10 Å². The molecule has 0 spiro atoms. The average molecular weight is 202 g/mol. The van der Waals surface area contributed by atoms with Crippen molar-refractivity contribution < 1.29 is 9.63 Å². The van der Waals surface area contributed by atoms with Gasteiger partial charge in [-0.15, -0.1) is 0 Å². The Hall–Kier alpha value is -0.550. The molecule has 1 heterocycles. The third-order valence-corrected chi connectivity index (χ3v) is 2.58. The molecular weight excluding hydrogens is 188 g/mol. The molecule has 13 heavy (non-hydrogen) atoms. The van der Waals surface area contributed by atoms with Crippen molar-refractivity contribution in [3.8, 4) is 0 Å². The van der Waals surface area contributed by atoms with Crippen molar-refractivity contribution >= 4 is 11.8 Å². The van der Waals surface area contributed by atoms with E-state index in [-0.39, 0.29) is 0 Å². The SMILES string of the molecule is CCCSCc1noc(C(C)O)n1. The Morgan fingerprint density at radius 3 is 2.92 bits per heavy atom. The van der Waals surface area contributed by atoms with Crippen molar-refractivity contribution in [3.05, 3.63) is 11.7 Å². The lowest BCUT2D eigenvalue weighted by molar-refractivity contribution is 0.151. The Labute approximate surface area is 81.7 Å². The minimum atomic E-state index is -0.669. The highest BCUT2D eigenvalue weighted by Crippen LogP contribution is 2.13. The Kier molecular flexibility index (Phi) is 4.24. The maximum atomic E-state index is 9.11. The summed E-state index contributed by atoms with van der Waals surface area (Å²) in [5.74, 6) is 2.81. The van der Waals surface area contributed by atoms with Crippen LogP contribution in [0.3, 0.4) is 0 Å². The molecule has 1 N–H and O–H groups in total. The molecule has 1 unspecified atom stereocenters. The predicted octanol–water partition coefficient (Wildman–Crippen LogP) is 1.77. The van der Waals surface area contributed by atoms with E-state index in [1.807, 2.05) is 0 Å². The molecule has 0 fully saturated rings. The summed E-state index contributed by atoms with van der Waals surface area (Å²) < 4.78 is 4.83. The van der Waals surface area contributed by atoms with Crippen molar-refractivity contribution in [2.45, 2.75) is 32.1 Å². The first kappa shape index (κ1) is 10.5. The third-order valence-electron chi connectivity index (χ3n) is 1.42. The quantitative estimate of drug-likeness (QED) is 0.737. The van der Waals surface area contributed by atoms with Crippen LogP contribution in [0.5, 0.6) is 0 Å². The van der Waals surface area contributed by atoms with E-state index in [9.17, 15) is 0 Å². The van der Waals surface area contributed by atoms with Gasteiger partial charge in [-0.25, -0.2) is 0 Å². The van der Waals surface area contributed by atoms with E-state index in [0.717, 1.165) is 17.9 Å². The highest BCUT2D eigenvalue weighted by atomic mass is 32.2. The van der Waals surface area contributed by atoms with Gasteiger partial charge in [0.05, 0.1) is 5.75 Å². The molecule has 0 amide bonds. The molecule has 0 saturated heterocycles. The van der Waals surface area contributed by atoms with Gasteiger partial charge < -0.3 is 9.63 Å². The Bertz CT molecular complexity index is 250. The summed E-state index contributed by atoms with van der Waals surface area (Å²) in [4.78, 5) is 4.03. The first-order valence-electron chi connectivity index (χ1n) is 4.32. The summed E-state index contributed by atoms with van der Waals surface area (Å²) in [6.07, 6.45) is 0.476. The van der Waals surface area contributed by atoms with E-state index in [1.54, 1.807) is 18.7 Å². The summed E-state index contributed by atoms with van der Waals surface area (Å²) >= 11 is 1.76. The number of rotatable bonds is 5. The summed E-state index contributed by atoms with van der Waals surface area (Å²) in [5, 5.41) is 12.8. The summed E-state index contributed by atoms with van der Waals surface area (Å²) in [6, 6.07) is 0. The lowest BCUT2D eigenvalue weighted by Gasteiger charge is -1.93. The highest BCUT2D eigenvalue weighted by Gasteiger charge is 2.10. The zero-order valence-corrected chi connectivity index (χ0v) is 8.67. The maximum absolute atomic E-state index is 9.11. The summed E-state index contributed by atoms with van der Waals surface area (Å²) in [5.41, 5.74) is 0. The molecule has 0 radical (unpaired) electrons. The average Bonchev–Trinajstić information content (AvgIpc) is 2.53. The molecule has 1 aromatic rings. The summed E-state index contributed by atoms with van der Waals surface area (Å²) in [6.45, 7) is 3.74. The van der Waals surface area contributed by atoms with E-state index in [2.05, 4.69) is 17.1 Å². The van der Waals surface area contributed by atoms with Gasteiger partial charge in [-0.3, -0.25) is 0 Å². The van der Waals surface area contributed by atoms with Crippen LogP contribution in [0.2, 0.25) is 0 Å². The van der Waals surface area contributed by atoms with Crippen LogP contribution in [0, 0.1) is 0 Å². The lowest BCUT2D eigenvalue weighted by Crippen LogP contribution is -1.91. The Morgan fingerprint density at radius 1 is 1.62 bits per heavy atom. The van der Waals surface area contributed by atoms with Crippen LogP contribution < -0.4 is 0 Å². The number of aliphatic hydroxyl groups is 1. The van der Waals surface area contributed by atoms with Crippen LogP contribution in [0.15, 0.2) is 4.52 Å². The second-order valence-corrected chi connectivity index (χ2v) is 3.88. The van der Waals surface area contributed by atoms with E-state index in [4.69, 9.17) is 9.63 Å². The van der Waals surface area contributed by atoms with Crippen molar-refractivity contribution in [3.63, 3.8) is 0 Å². The van der Waals surface area contributed by atoms with Crippen LogP contribution >= 0.6 is 11.8 Å². The molecule has 74 valence electrons. The zero-order valence-electron chi connectivity index (χ0n) is 7.86. The standard InChI is InChI=1S/C8H14N2O2S/c1-3-4-13-5-7-9-8(6(2)11)12-10-7/h6,11H,3-5H2,1-2H3. The number of nitrogens with zero attached hydrogens (tertiary/aromatic N) is 2. The van der Waals surface area contributed by atoms with E-state index in [0.29, 0.717) is 11.7 Å². The van der Waals surface area contributed by atoms with Gasteiger partial charge in [-0.05, 0) is 19.1 Å². The van der Waals surface area contributed by atoms with Crippen LogP contribution in [-0.4, -0.2) is 21.0 Å². The number of hydrogen-bond donors (Lipinski definition) is 1. The first-order valence-corrected chi connectivity index (χ1v) is 5.47. The fraction of sp³-hybridized carbons (Fsp3) is 0.750. The highest BCUT2D eigenvalue weighted by molar-refractivity contribution is 7.98. The third kappa shape index (κ3) is 3.36. The second-order valence-electron chi connectivity index (χ2n) is 2.78. The minimum absolute atomic E-state index is 0.298. The molecule has 0 aliphatic rings. The largest absolute Gasteiger partial charge is 0.384 e. The van der Waals surface area contributed by atoms with Crippen molar-refractivity contribution in [1.29, 1.82) is 0 Å². The molecule has 0 aromatic carbocycles. The molecule has 1 atom stereocenters. The zero-order chi connectivity index (χ0) is 9.68. The van der Waals surface area contributed by atoms with Crippen molar-refractivity contribution in [1.82, 2.24) is 10.1 Å². The van der Waals surface area contributed by atoms with Crippen molar-refractivity contribution in [2.75, 3.05) is 5.75 Å². The van der Waals surface area contributed by atoms with Crippen LogP contribution in [-0.2, 0) is 5.75 Å².